The van der Waals surface area contributed by atoms with Crippen molar-refractivity contribution >= 4 is 34.1 Å². The molecule has 0 aliphatic carbocycles. The van der Waals surface area contributed by atoms with E-state index in [9.17, 15) is 20.0 Å². The number of hydrogen-bond acceptors (Lipinski definition) is 8. The van der Waals surface area contributed by atoms with E-state index < -0.39 is 5.91 Å². The summed E-state index contributed by atoms with van der Waals surface area (Å²) in [5.74, 6) is -0.271. The first kappa shape index (κ1) is 23.5. The fourth-order valence-corrected chi connectivity index (χ4v) is 4.12. The van der Waals surface area contributed by atoms with Gasteiger partial charge >= 0.3 is 6.01 Å². The van der Waals surface area contributed by atoms with E-state index in [0.29, 0.717) is 31.1 Å². The molecule has 0 radical (unpaired) electrons. The van der Waals surface area contributed by atoms with Crippen LogP contribution in [0.1, 0.15) is 16.9 Å². The molecule has 1 saturated heterocycles. The van der Waals surface area contributed by atoms with Crippen LogP contribution in [0.2, 0.25) is 0 Å². The Bertz CT molecular complexity index is 1340. The molecule has 0 spiro atoms. The van der Waals surface area contributed by atoms with Gasteiger partial charge in [0.2, 0.25) is 5.91 Å². The second kappa shape index (κ2) is 10.1. The first-order valence-corrected chi connectivity index (χ1v) is 10.9. The van der Waals surface area contributed by atoms with Gasteiger partial charge in [0, 0.05) is 37.2 Å². The number of hydrogen-bond donors (Lipinski definition) is 2. The molecule has 1 aromatic heterocycles. The quantitative estimate of drug-likeness (QED) is 0.524. The Hall–Kier alpha value is -4.65. The van der Waals surface area contributed by atoms with Gasteiger partial charge in [0.1, 0.15) is 17.3 Å². The zero-order valence-corrected chi connectivity index (χ0v) is 19.1. The molecule has 2 heterocycles. The van der Waals surface area contributed by atoms with E-state index in [-0.39, 0.29) is 35.8 Å². The van der Waals surface area contributed by atoms with E-state index >= 15 is 0 Å². The number of rotatable bonds is 6. The van der Waals surface area contributed by atoms with Crippen LogP contribution >= 0.6 is 0 Å². The summed E-state index contributed by atoms with van der Waals surface area (Å²) >= 11 is 0. The Kier molecular flexibility index (Phi) is 6.78. The zero-order valence-electron chi connectivity index (χ0n) is 19.1. The van der Waals surface area contributed by atoms with Gasteiger partial charge in [0.15, 0.2) is 0 Å². The third-order valence-corrected chi connectivity index (χ3v) is 5.79. The van der Waals surface area contributed by atoms with E-state index in [4.69, 9.17) is 4.74 Å². The van der Waals surface area contributed by atoms with Crippen molar-refractivity contribution in [3.8, 4) is 17.8 Å². The first-order valence-electron chi connectivity index (χ1n) is 10.9. The van der Waals surface area contributed by atoms with Crippen molar-refractivity contribution in [2.24, 2.45) is 0 Å². The van der Waals surface area contributed by atoms with Gasteiger partial charge in [-0.25, -0.2) is 0 Å². The lowest BCUT2D eigenvalue weighted by Crippen LogP contribution is -2.55. The Morgan fingerprint density at radius 3 is 2.83 bits per heavy atom. The van der Waals surface area contributed by atoms with Crippen LogP contribution in [0.4, 0.5) is 11.5 Å². The van der Waals surface area contributed by atoms with Crippen LogP contribution in [0.25, 0.3) is 10.8 Å². The molecule has 2 N–H and O–H groups in total. The second-order valence-corrected chi connectivity index (χ2v) is 7.96. The fourth-order valence-electron chi connectivity index (χ4n) is 4.12. The number of carbonyl (C=O) groups is 2. The number of aromatic hydroxyl groups is 1. The molecule has 1 aliphatic rings. The van der Waals surface area contributed by atoms with Gasteiger partial charge in [-0.3, -0.25) is 9.59 Å². The highest BCUT2D eigenvalue weighted by Crippen LogP contribution is 2.29. The smallest absolute Gasteiger partial charge is 0.318 e. The van der Waals surface area contributed by atoms with Crippen LogP contribution in [-0.4, -0.2) is 64.6 Å². The summed E-state index contributed by atoms with van der Waals surface area (Å²) in [5, 5.41) is 23.7. The van der Waals surface area contributed by atoms with Crippen molar-refractivity contribution in [3.63, 3.8) is 0 Å². The lowest BCUT2D eigenvalue weighted by molar-refractivity contribution is -0.128. The molecule has 2 aromatic carbocycles. The fraction of sp³-hybridized carbons (Fsp3) is 0.240. The highest BCUT2D eigenvalue weighted by atomic mass is 16.5. The minimum absolute atomic E-state index is 0.00912. The number of carbonyl (C=O) groups excluding carboxylic acids is 2. The maximum atomic E-state index is 13.2. The number of amides is 2. The lowest BCUT2D eigenvalue weighted by atomic mass is 10.1. The van der Waals surface area contributed by atoms with E-state index in [0.717, 1.165) is 10.8 Å². The predicted molar refractivity (Wildman–Crippen MR) is 130 cm³/mol. The molecule has 4 rings (SSSR count). The van der Waals surface area contributed by atoms with Gasteiger partial charge in [0.25, 0.3) is 5.91 Å². The molecule has 178 valence electrons. The Morgan fingerprint density at radius 2 is 2.09 bits per heavy atom. The van der Waals surface area contributed by atoms with Crippen LogP contribution in [0, 0.1) is 11.3 Å². The Balaban J connectivity index is 1.62. The SMILES string of the molecule is C=CC(=O)N1CCN(c2cc(C(=O)Nc3cc(O)cc4ccccc34)nc(OC)n2)C[C@@H]1CC#N. The molecule has 1 aliphatic heterocycles. The number of nitrogens with zero attached hydrogens (tertiary/aromatic N) is 5. The maximum Gasteiger partial charge on any atom is 0.318 e. The number of nitrogens with one attached hydrogen (secondary N) is 1. The molecule has 2 amide bonds. The van der Waals surface area contributed by atoms with E-state index in [1.54, 1.807) is 11.0 Å². The second-order valence-electron chi connectivity index (χ2n) is 7.96. The Morgan fingerprint density at radius 1 is 1.29 bits per heavy atom. The number of phenols is 1. The number of fused-ring (bicyclic) bond motifs is 1. The van der Waals surface area contributed by atoms with Gasteiger partial charge in [-0.05, 0) is 17.5 Å². The molecule has 3 aromatic rings. The number of piperazine rings is 1. The Labute approximate surface area is 202 Å². The number of aromatic nitrogens is 2. The summed E-state index contributed by atoms with van der Waals surface area (Å²) in [6, 6.07) is 13.8. The number of methoxy groups -OCH3 is 1. The summed E-state index contributed by atoms with van der Waals surface area (Å²) < 4.78 is 5.23. The normalized spacial score (nSPS) is 15.4. The van der Waals surface area contributed by atoms with Crippen molar-refractivity contribution in [1.29, 1.82) is 5.26 Å². The average molecular weight is 473 g/mol. The standard InChI is InChI=1S/C25H24N6O4/c1-3-23(33)31-11-10-30(15-17(31)8-9-26)22-14-21(28-25(29-22)35-2)24(34)27-20-13-18(32)12-16-6-4-5-7-19(16)20/h3-7,12-14,17,32H,1,8,10-11,15H2,2H3,(H,27,34)/t17-/m0/s1. The van der Waals surface area contributed by atoms with Gasteiger partial charge in [-0.1, -0.05) is 30.8 Å². The number of anilines is 2. The molecular formula is C25H24N6O4. The van der Waals surface area contributed by atoms with Crippen molar-refractivity contribution in [1.82, 2.24) is 14.9 Å². The topological polar surface area (TPSA) is 132 Å². The maximum absolute atomic E-state index is 13.2. The van der Waals surface area contributed by atoms with Crippen molar-refractivity contribution in [2.75, 3.05) is 37.0 Å². The summed E-state index contributed by atoms with van der Waals surface area (Å²) in [7, 11) is 1.41. The van der Waals surface area contributed by atoms with Crippen molar-refractivity contribution in [2.45, 2.75) is 12.5 Å². The largest absolute Gasteiger partial charge is 0.508 e. The van der Waals surface area contributed by atoms with Crippen LogP contribution in [0.5, 0.6) is 11.8 Å². The van der Waals surface area contributed by atoms with Gasteiger partial charge in [-0.2, -0.15) is 15.2 Å². The van der Waals surface area contributed by atoms with Crippen molar-refractivity contribution in [3.05, 3.63) is 60.8 Å². The minimum atomic E-state index is -0.503. The van der Waals surface area contributed by atoms with Gasteiger partial charge in [0.05, 0.1) is 31.3 Å². The molecule has 10 nitrogen and oxygen atoms in total. The van der Waals surface area contributed by atoms with Crippen LogP contribution < -0.4 is 15.0 Å². The summed E-state index contributed by atoms with van der Waals surface area (Å²) in [6.45, 7) is 4.71. The minimum Gasteiger partial charge on any atom is -0.508 e. The third kappa shape index (κ3) is 4.99. The van der Waals surface area contributed by atoms with E-state index in [2.05, 4.69) is 27.9 Å². The molecule has 1 fully saturated rings. The van der Waals surface area contributed by atoms with Crippen molar-refractivity contribution < 1.29 is 19.4 Å². The molecule has 1 atom stereocenters. The number of nitriles is 1. The van der Waals surface area contributed by atoms with Crippen LogP contribution in [-0.2, 0) is 4.79 Å². The molecule has 10 heteroatoms. The first-order chi connectivity index (χ1) is 16.9. The third-order valence-electron chi connectivity index (χ3n) is 5.79. The monoisotopic (exact) mass is 472 g/mol. The lowest BCUT2D eigenvalue weighted by Gasteiger charge is -2.40. The summed E-state index contributed by atoms with van der Waals surface area (Å²) in [5.41, 5.74) is 0.510. The summed E-state index contributed by atoms with van der Waals surface area (Å²) in [6.07, 6.45) is 1.39. The number of ether oxygens (including phenoxy) is 1. The molecule has 0 saturated carbocycles. The van der Waals surface area contributed by atoms with Gasteiger partial charge < -0.3 is 25.0 Å². The average Bonchev–Trinajstić information content (AvgIpc) is 2.88. The molecule has 0 unspecified atom stereocenters. The molecule has 0 bridgehead atoms. The van der Waals surface area contributed by atoms with Crippen LogP contribution in [0.15, 0.2) is 55.1 Å². The van der Waals surface area contributed by atoms with E-state index in [1.807, 2.05) is 29.2 Å². The van der Waals surface area contributed by atoms with Crippen LogP contribution in [0.3, 0.4) is 0 Å². The molecule has 35 heavy (non-hydrogen) atoms. The highest BCUT2D eigenvalue weighted by molar-refractivity contribution is 6.09. The summed E-state index contributed by atoms with van der Waals surface area (Å²) in [4.78, 5) is 37.4. The van der Waals surface area contributed by atoms with E-state index in [1.165, 1.54) is 25.3 Å². The van der Waals surface area contributed by atoms with Gasteiger partial charge in [-0.15, -0.1) is 0 Å². The zero-order chi connectivity index (χ0) is 24.9. The number of phenolic OH excluding ortho intramolecular Hbond substituents is 1. The number of benzene rings is 2. The highest BCUT2D eigenvalue weighted by Gasteiger charge is 2.30. The predicted octanol–water partition coefficient (Wildman–Crippen LogP) is 2.71. The molecular weight excluding hydrogens is 448 g/mol.